The topological polar surface area (TPSA) is 71.5 Å². The summed E-state index contributed by atoms with van der Waals surface area (Å²) in [7, 11) is 0. The van der Waals surface area contributed by atoms with Gasteiger partial charge in [0.1, 0.15) is 11.8 Å². The van der Waals surface area contributed by atoms with Gasteiger partial charge in [-0.1, -0.05) is 43.3 Å². The zero-order valence-electron chi connectivity index (χ0n) is 18.3. The second kappa shape index (κ2) is 9.54. The van der Waals surface area contributed by atoms with E-state index in [2.05, 4.69) is 15.0 Å². The highest BCUT2D eigenvalue weighted by molar-refractivity contribution is 6.04. The second-order valence-electron chi connectivity index (χ2n) is 8.01. The number of ether oxygens (including phenoxy) is 1. The maximum absolute atomic E-state index is 13.2. The molecule has 34 heavy (non-hydrogen) atoms. The summed E-state index contributed by atoms with van der Waals surface area (Å²) < 4.78 is 40.9. The minimum Gasteiger partial charge on any atom is -0.406 e. The third-order valence-electron chi connectivity index (χ3n) is 5.59. The molecule has 0 spiro atoms. The fourth-order valence-electron chi connectivity index (χ4n) is 3.99. The zero-order valence-corrected chi connectivity index (χ0v) is 18.3. The van der Waals surface area contributed by atoms with Crippen LogP contribution in [0.2, 0.25) is 0 Å². The normalized spacial score (nSPS) is 16.2. The van der Waals surface area contributed by atoms with Crippen molar-refractivity contribution in [3.63, 3.8) is 0 Å². The quantitative estimate of drug-likeness (QED) is 0.549. The average Bonchev–Trinajstić information content (AvgIpc) is 3.09. The van der Waals surface area contributed by atoms with Crippen molar-refractivity contribution >= 4 is 11.8 Å². The molecule has 0 saturated heterocycles. The number of halogens is 3. The van der Waals surface area contributed by atoms with Crippen LogP contribution in [-0.2, 0) is 11.3 Å². The highest BCUT2D eigenvalue weighted by Crippen LogP contribution is 2.35. The van der Waals surface area contributed by atoms with E-state index in [1.54, 1.807) is 35.4 Å². The predicted octanol–water partition coefficient (Wildman–Crippen LogP) is 4.60. The van der Waals surface area contributed by atoms with E-state index < -0.39 is 12.4 Å². The summed E-state index contributed by atoms with van der Waals surface area (Å²) in [6.45, 7) is 2.33. The number of pyridine rings is 1. The standard InChI is InChI=1S/C25H22F3N3O3/c1-16(21-8-4-5-13-29-21)15-31-22(19-6-2-3-7-20(19)24(31)33)23(32)30-14-17-9-11-18(12-10-17)34-25(26,27)28/h2-13,16,22H,14-15H2,1H3,(H,30,32). The number of nitrogens with zero attached hydrogens (tertiary/aromatic N) is 2. The molecule has 2 unspecified atom stereocenters. The van der Waals surface area contributed by atoms with Crippen LogP contribution in [0.5, 0.6) is 5.75 Å². The molecule has 2 atom stereocenters. The second-order valence-corrected chi connectivity index (χ2v) is 8.01. The minimum absolute atomic E-state index is 0.0849. The maximum Gasteiger partial charge on any atom is 0.573 e. The molecule has 0 aliphatic carbocycles. The lowest BCUT2D eigenvalue weighted by Gasteiger charge is -2.27. The molecule has 1 aliphatic heterocycles. The van der Waals surface area contributed by atoms with Crippen LogP contribution >= 0.6 is 0 Å². The number of alkyl halides is 3. The maximum atomic E-state index is 13.2. The number of hydrogen-bond donors (Lipinski definition) is 1. The fourth-order valence-corrected chi connectivity index (χ4v) is 3.99. The van der Waals surface area contributed by atoms with Crippen molar-refractivity contribution in [3.8, 4) is 5.75 Å². The van der Waals surface area contributed by atoms with E-state index in [1.807, 2.05) is 25.1 Å². The SMILES string of the molecule is CC(CN1C(=O)c2ccccc2C1C(=O)NCc1ccc(OC(F)(F)F)cc1)c1ccccn1. The first-order valence-corrected chi connectivity index (χ1v) is 10.7. The van der Waals surface area contributed by atoms with Crippen molar-refractivity contribution in [1.29, 1.82) is 0 Å². The molecule has 0 radical (unpaired) electrons. The number of aromatic nitrogens is 1. The number of nitrogens with one attached hydrogen (secondary N) is 1. The molecule has 1 aromatic heterocycles. The number of fused-ring (bicyclic) bond motifs is 1. The van der Waals surface area contributed by atoms with Crippen molar-refractivity contribution < 1.29 is 27.5 Å². The number of carbonyl (C=O) groups is 2. The average molecular weight is 469 g/mol. The summed E-state index contributed by atoms with van der Waals surface area (Å²) >= 11 is 0. The molecule has 6 nitrogen and oxygen atoms in total. The summed E-state index contributed by atoms with van der Waals surface area (Å²) in [5.74, 6) is -1.04. The van der Waals surface area contributed by atoms with E-state index in [0.717, 1.165) is 5.69 Å². The molecule has 3 aromatic rings. The van der Waals surface area contributed by atoms with E-state index in [0.29, 0.717) is 23.2 Å². The van der Waals surface area contributed by atoms with Gasteiger partial charge in [0.05, 0.1) is 0 Å². The van der Waals surface area contributed by atoms with Crippen LogP contribution in [0, 0.1) is 0 Å². The number of benzene rings is 2. The van der Waals surface area contributed by atoms with Crippen LogP contribution < -0.4 is 10.1 Å². The Bertz CT molecular complexity index is 1170. The number of rotatable bonds is 7. The Balaban J connectivity index is 1.49. The molecule has 2 amide bonds. The van der Waals surface area contributed by atoms with Crippen LogP contribution in [-0.4, -0.2) is 34.6 Å². The molecule has 4 rings (SSSR count). The molecule has 0 fully saturated rings. The third kappa shape index (κ3) is 5.19. The first kappa shape index (κ1) is 23.3. The molecular weight excluding hydrogens is 447 g/mol. The van der Waals surface area contributed by atoms with Gasteiger partial charge >= 0.3 is 6.36 Å². The first-order valence-electron chi connectivity index (χ1n) is 10.7. The van der Waals surface area contributed by atoms with Crippen molar-refractivity contribution in [3.05, 3.63) is 95.3 Å². The van der Waals surface area contributed by atoms with Crippen LogP contribution in [0.15, 0.2) is 72.9 Å². The van der Waals surface area contributed by atoms with Gasteiger partial charge in [0.2, 0.25) is 5.91 Å². The van der Waals surface area contributed by atoms with Gasteiger partial charge in [0.25, 0.3) is 5.91 Å². The highest BCUT2D eigenvalue weighted by atomic mass is 19.4. The monoisotopic (exact) mass is 469 g/mol. The Morgan fingerprint density at radius 2 is 1.79 bits per heavy atom. The third-order valence-corrected chi connectivity index (χ3v) is 5.59. The lowest BCUT2D eigenvalue weighted by Crippen LogP contribution is -2.40. The number of amides is 2. The minimum atomic E-state index is -4.77. The van der Waals surface area contributed by atoms with Crippen LogP contribution in [0.4, 0.5) is 13.2 Å². The van der Waals surface area contributed by atoms with Gasteiger partial charge in [0, 0.05) is 36.5 Å². The zero-order chi connectivity index (χ0) is 24.3. The van der Waals surface area contributed by atoms with Gasteiger partial charge in [-0.2, -0.15) is 0 Å². The van der Waals surface area contributed by atoms with Crippen molar-refractivity contribution in [2.75, 3.05) is 6.54 Å². The summed E-state index contributed by atoms with van der Waals surface area (Å²) in [4.78, 5) is 32.2. The molecule has 1 N–H and O–H groups in total. The molecule has 2 aromatic carbocycles. The molecule has 0 saturated carbocycles. The fraction of sp³-hybridized carbons (Fsp3) is 0.240. The summed E-state index contributed by atoms with van der Waals surface area (Å²) in [6, 6.07) is 17.0. The Morgan fingerprint density at radius 3 is 2.47 bits per heavy atom. The smallest absolute Gasteiger partial charge is 0.406 e. The largest absolute Gasteiger partial charge is 0.573 e. The van der Waals surface area contributed by atoms with Crippen molar-refractivity contribution in [2.45, 2.75) is 31.8 Å². The van der Waals surface area contributed by atoms with Gasteiger partial charge in [-0.05, 0) is 41.5 Å². The molecule has 0 bridgehead atoms. The predicted molar refractivity (Wildman–Crippen MR) is 118 cm³/mol. The van der Waals surface area contributed by atoms with Crippen molar-refractivity contribution in [2.24, 2.45) is 0 Å². The van der Waals surface area contributed by atoms with E-state index in [-0.39, 0.29) is 30.0 Å². The Kier molecular flexibility index (Phi) is 6.54. The Morgan fingerprint density at radius 1 is 1.09 bits per heavy atom. The van der Waals surface area contributed by atoms with Gasteiger partial charge in [-0.25, -0.2) is 0 Å². The molecule has 9 heteroatoms. The van der Waals surface area contributed by atoms with Crippen LogP contribution in [0.3, 0.4) is 0 Å². The number of hydrogen-bond acceptors (Lipinski definition) is 4. The van der Waals surface area contributed by atoms with Gasteiger partial charge in [-0.15, -0.1) is 13.2 Å². The van der Waals surface area contributed by atoms with E-state index >= 15 is 0 Å². The van der Waals surface area contributed by atoms with Gasteiger partial charge in [-0.3, -0.25) is 14.6 Å². The molecule has 176 valence electrons. The van der Waals surface area contributed by atoms with E-state index in [9.17, 15) is 22.8 Å². The van der Waals surface area contributed by atoms with Gasteiger partial charge in [0.15, 0.2) is 0 Å². The van der Waals surface area contributed by atoms with Gasteiger partial charge < -0.3 is 15.0 Å². The highest BCUT2D eigenvalue weighted by Gasteiger charge is 2.41. The molecule has 2 heterocycles. The lowest BCUT2D eigenvalue weighted by atomic mass is 10.0. The Labute approximate surface area is 194 Å². The van der Waals surface area contributed by atoms with E-state index in [4.69, 9.17) is 0 Å². The molecule has 1 aliphatic rings. The Hall–Kier alpha value is -3.88. The lowest BCUT2D eigenvalue weighted by molar-refractivity contribution is -0.274. The summed E-state index contributed by atoms with van der Waals surface area (Å²) in [5, 5.41) is 2.80. The van der Waals surface area contributed by atoms with Crippen LogP contribution in [0.1, 0.15) is 46.1 Å². The molecular formula is C25H22F3N3O3. The number of carbonyl (C=O) groups excluding carboxylic acids is 2. The van der Waals surface area contributed by atoms with Crippen molar-refractivity contribution in [1.82, 2.24) is 15.2 Å². The van der Waals surface area contributed by atoms with Crippen LogP contribution in [0.25, 0.3) is 0 Å². The first-order chi connectivity index (χ1) is 16.2. The summed E-state index contributed by atoms with van der Waals surface area (Å²) in [6.07, 6.45) is -3.09. The summed E-state index contributed by atoms with van der Waals surface area (Å²) in [5.41, 5.74) is 2.50. The van der Waals surface area contributed by atoms with E-state index in [1.165, 1.54) is 24.3 Å².